The van der Waals surface area contributed by atoms with E-state index in [1.54, 1.807) is 13.0 Å². The van der Waals surface area contributed by atoms with Crippen LogP contribution in [0.3, 0.4) is 0 Å². The zero-order valence-corrected chi connectivity index (χ0v) is 7.44. The predicted molar refractivity (Wildman–Crippen MR) is 55.2 cm³/mol. The molecule has 2 nitrogen and oxygen atoms in total. The van der Waals surface area contributed by atoms with Crippen LogP contribution in [0.5, 0.6) is 0 Å². The fourth-order valence-corrected chi connectivity index (χ4v) is 1.49. The summed E-state index contributed by atoms with van der Waals surface area (Å²) in [7, 11) is 0. The Labute approximate surface area is 77.3 Å². The van der Waals surface area contributed by atoms with E-state index in [2.05, 4.69) is 4.98 Å². The Morgan fingerprint density at radius 3 is 2.85 bits per heavy atom. The van der Waals surface area contributed by atoms with Gasteiger partial charge < -0.3 is 5.02 Å². The molecule has 1 heterocycles. The molecule has 0 aliphatic carbocycles. The zero-order chi connectivity index (χ0) is 9.26. The molecular formula is C10H10BNO. The van der Waals surface area contributed by atoms with Gasteiger partial charge in [-0.3, -0.25) is 4.98 Å². The topological polar surface area (TPSA) is 33.1 Å². The summed E-state index contributed by atoms with van der Waals surface area (Å²) < 4.78 is 0. The molecule has 0 spiro atoms. The molecule has 0 radical (unpaired) electrons. The molecule has 64 valence electrons. The number of fused-ring (bicyclic) bond motifs is 1. The Bertz CT molecular complexity index is 423. The summed E-state index contributed by atoms with van der Waals surface area (Å²) in [6, 6.07) is 9.64. The molecule has 0 bridgehead atoms. The Morgan fingerprint density at radius 2 is 2.08 bits per heavy atom. The van der Waals surface area contributed by atoms with Gasteiger partial charge >= 0.3 is 6.92 Å². The lowest BCUT2D eigenvalue weighted by atomic mass is 9.63. The number of nitrogens with zero attached hydrogens (tertiary/aromatic N) is 1. The summed E-state index contributed by atoms with van der Waals surface area (Å²) >= 11 is 0. The fraction of sp³-hybridized carbons (Fsp3) is 0.100. The number of rotatable bonds is 1. The van der Waals surface area contributed by atoms with E-state index < -0.39 is 6.92 Å². The van der Waals surface area contributed by atoms with Crippen molar-refractivity contribution in [3.8, 4) is 0 Å². The minimum Gasteiger partial charge on any atom is -0.446 e. The van der Waals surface area contributed by atoms with E-state index in [0.29, 0.717) is 0 Å². The van der Waals surface area contributed by atoms with Crippen LogP contribution in [0, 0.1) is 0 Å². The zero-order valence-electron chi connectivity index (χ0n) is 7.44. The van der Waals surface area contributed by atoms with Crippen LogP contribution in [0.1, 0.15) is 0 Å². The van der Waals surface area contributed by atoms with Crippen molar-refractivity contribution in [2.75, 3.05) is 0 Å². The molecule has 0 fully saturated rings. The van der Waals surface area contributed by atoms with E-state index in [-0.39, 0.29) is 0 Å². The highest BCUT2D eigenvalue weighted by molar-refractivity contribution is 6.67. The van der Waals surface area contributed by atoms with Gasteiger partial charge in [0, 0.05) is 6.20 Å². The molecule has 0 aliphatic rings. The molecule has 2 aromatic rings. The van der Waals surface area contributed by atoms with Crippen molar-refractivity contribution in [3.05, 3.63) is 36.5 Å². The third-order valence-corrected chi connectivity index (χ3v) is 2.13. The molecular weight excluding hydrogens is 161 g/mol. The largest absolute Gasteiger partial charge is 0.446 e. The molecule has 0 unspecified atom stereocenters. The minimum absolute atomic E-state index is 0.437. The van der Waals surface area contributed by atoms with Gasteiger partial charge in [-0.1, -0.05) is 25.0 Å². The summed E-state index contributed by atoms with van der Waals surface area (Å²) in [5.41, 5.74) is 1.87. The summed E-state index contributed by atoms with van der Waals surface area (Å²) in [4.78, 5) is 4.21. The van der Waals surface area contributed by atoms with Crippen molar-refractivity contribution < 1.29 is 5.02 Å². The standard InChI is InChI=1S/C10H10BNO/c1-11(13)9-5-2-6-10-8(9)4-3-7-12-10/h2-7,13H,1H3. The summed E-state index contributed by atoms with van der Waals surface area (Å²) in [5.74, 6) is 0. The van der Waals surface area contributed by atoms with E-state index in [1.807, 2.05) is 30.3 Å². The molecule has 0 aliphatic heterocycles. The number of hydrogen-bond acceptors (Lipinski definition) is 2. The van der Waals surface area contributed by atoms with Crippen molar-refractivity contribution in [1.29, 1.82) is 0 Å². The Kier molecular flexibility index (Phi) is 2.03. The van der Waals surface area contributed by atoms with E-state index >= 15 is 0 Å². The fourth-order valence-electron chi connectivity index (χ4n) is 1.49. The van der Waals surface area contributed by atoms with Crippen molar-refractivity contribution in [1.82, 2.24) is 4.98 Å². The van der Waals surface area contributed by atoms with Crippen LogP contribution in [-0.4, -0.2) is 16.9 Å². The average Bonchev–Trinajstić information content (AvgIpc) is 2.17. The summed E-state index contributed by atoms with van der Waals surface area (Å²) in [5, 5.41) is 10.5. The highest BCUT2D eigenvalue weighted by atomic mass is 16.2. The van der Waals surface area contributed by atoms with Gasteiger partial charge in [0.1, 0.15) is 0 Å². The number of pyridine rings is 1. The lowest BCUT2D eigenvalue weighted by Gasteiger charge is -2.04. The van der Waals surface area contributed by atoms with Crippen LogP contribution >= 0.6 is 0 Å². The van der Waals surface area contributed by atoms with Crippen LogP contribution in [0.15, 0.2) is 36.5 Å². The lowest BCUT2D eigenvalue weighted by Crippen LogP contribution is -2.26. The van der Waals surface area contributed by atoms with E-state index in [0.717, 1.165) is 16.4 Å². The average molecular weight is 171 g/mol. The molecule has 0 atom stereocenters. The summed E-state index contributed by atoms with van der Waals surface area (Å²) in [6.07, 6.45) is 1.76. The Hall–Kier alpha value is -1.35. The predicted octanol–water partition coefficient (Wildman–Crippen LogP) is 1.06. The van der Waals surface area contributed by atoms with Crippen molar-refractivity contribution >= 4 is 23.3 Å². The highest BCUT2D eigenvalue weighted by Crippen LogP contribution is 2.07. The molecule has 13 heavy (non-hydrogen) atoms. The summed E-state index contributed by atoms with van der Waals surface area (Å²) in [6.45, 7) is 1.33. The van der Waals surface area contributed by atoms with Gasteiger partial charge in [0.25, 0.3) is 0 Å². The molecule has 1 N–H and O–H groups in total. The van der Waals surface area contributed by atoms with Gasteiger partial charge in [-0.25, -0.2) is 0 Å². The van der Waals surface area contributed by atoms with E-state index in [1.165, 1.54) is 0 Å². The third kappa shape index (κ3) is 1.43. The maximum Gasteiger partial charge on any atom is 0.321 e. The van der Waals surface area contributed by atoms with Crippen LogP contribution in [0.2, 0.25) is 6.82 Å². The minimum atomic E-state index is -0.437. The first-order valence-corrected chi connectivity index (χ1v) is 4.31. The van der Waals surface area contributed by atoms with Crippen LogP contribution in [0.4, 0.5) is 0 Å². The number of aromatic nitrogens is 1. The van der Waals surface area contributed by atoms with Gasteiger partial charge in [-0.15, -0.1) is 0 Å². The third-order valence-electron chi connectivity index (χ3n) is 2.13. The normalized spacial score (nSPS) is 10.3. The highest BCUT2D eigenvalue weighted by Gasteiger charge is 2.09. The molecule has 0 saturated heterocycles. The SMILES string of the molecule is CB(O)c1cccc2ncccc12. The first-order chi connectivity index (χ1) is 6.29. The second-order valence-electron chi connectivity index (χ2n) is 3.09. The quantitative estimate of drug-likeness (QED) is 0.650. The molecule has 0 saturated carbocycles. The van der Waals surface area contributed by atoms with Gasteiger partial charge in [0.2, 0.25) is 0 Å². The molecule has 1 aromatic heterocycles. The maximum absolute atomic E-state index is 9.49. The molecule has 0 amide bonds. The number of hydrogen-bond donors (Lipinski definition) is 1. The lowest BCUT2D eigenvalue weighted by molar-refractivity contribution is 0.594. The first-order valence-electron chi connectivity index (χ1n) is 4.31. The van der Waals surface area contributed by atoms with Gasteiger partial charge in [-0.05, 0) is 23.0 Å². The van der Waals surface area contributed by atoms with Crippen LogP contribution in [0.25, 0.3) is 10.9 Å². The second kappa shape index (κ2) is 3.19. The Morgan fingerprint density at radius 1 is 1.23 bits per heavy atom. The maximum atomic E-state index is 9.49. The van der Waals surface area contributed by atoms with Crippen molar-refractivity contribution in [3.63, 3.8) is 0 Å². The second-order valence-corrected chi connectivity index (χ2v) is 3.09. The molecule has 2 rings (SSSR count). The van der Waals surface area contributed by atoms with Crippen molar-refractivity contribution in [2.24, 2.45) is 0 Å². The van der Waals surface area contributed by atoms with Gasteiger partial charge in [0.15, 0.2) is 0 Å². The molecule has 3 heteroatoms. The van der Waals surface area contributed by atoms with Gasteiger partial charge in [0.05, 0.1) is 5.52 Å². The van der Waals surface area contributed by atoms with Crippen LogP contribution < -0.4 is 5.46 Å². The first kappa shape index (κ1) is 8.26. The van der Waals surface area contributed by atoms with Crippen molar-refractivity contribution in [2.45, 2.75) is 6.82 Å². The number of benzene rings is 1. The molecule has 1 aromatic carbocycles. The van der Waals surface area contributed by atoms with E-state index in [9.17, 15) is 5.02 Å². The van der Waals surface area contributed by atoms with E-state index in [4.69, 9.17) is 0 Å². The smallest absolute Gasteiger partial charge is 0.321 e. The Balaban J connectivity index is 2.76. The monoisotopic (exact) mass is 171 g/mol. The van der Waals surface area contributed by atoms with Gasteiger partial charge in [-0.2, -0.15) is 0 Å². The van der Waals surface area contributed by atoms with Crippen LogP contribution in [-0.2, 0) is 0 Å².